The van der Waals surface area contributed by atoms with E-state index in [0.29, 0.717) is 11.1 Å². The third kappa shape index (κ3) is 3.97. The number of amides is 4. The van der Waals surface area contributed by atoms with Crippen molar-refractivity contribution >= 4 is 29.4 Å². The second-order valence-electron chi connectivity index (χ2n) is 7.57. The highest BCUT2D eigenvalue weighted by Gasteiger charge is 2.56. The summed E-state index contributed by atoms with van der Waals surface area (Å²) in [7, 11) is 0. The van der Waals surface area contributed by atoms with E-state index in [-0.39, 0.29) is 18.0 Å². The lowest BCUT2D eigenvalue weighted by atomic mass is 9.92. The van der Waals surface area contributed by atoms with Crippen LogP contribution in [0.1, 0.15) is 28.8 Å². The summed E-state index contributed by atoms with van der Waals surface area (Å²) in [4.78, 5) is 36.9. The fourth-order valence-corrected chi connectivity index (χ4v) is 4.09. The summed E-state index contributed by atoms with van der Waals surface area (Å²) in [5, 5.41) is 7.04. The quantitative estimate of drug-likeness (QED) is 0.605. The Morgan fingerprint density at radius 2 is 1.87 bits per heavy atom. The van der Waals surface area contributed by atoms with Crippen LogP contribution in [0.2, 0.25) is 5.02 Å². The predicted molar refractivity (Wildman–Crippen MR) is 106 cm³/mol. The molecule has 2 aliphatic rings. The van der Waals surface area contributed by atoms with Crippen molar-refractivity contribution < 1.29 is 27.6 Å². The number of hydrogen-bond acceptors (Lipinski definition) is 3. The van der Waals surface area contributed by atoms with Crippen molar-refractivity contribution in [3.8, 4) is 11.1 Å². The average molecular weight is 452 g/mol. The van der Waals surface area contributed by atoms with E-state index in [2.05, 4.69) is 16.0 Å². The van der Waals surface area contributed by atoms with Crippen LogP contribution >= 0.6 is 11.6 Å². The molecule has 3 N–H and O–H groups in total. The molecule has 162 valence electrons. The molecule has 0 unspecified atom stereocenters. The van der Waals surface area contributed by atoms with Gasteiger partial charge in [-0.1, -0.05) is 35.9 Å². The van der Waals surface area contributed by atoms with Gasteiger partial charge in [0.2, 0.25) is 0 Å². The first-order valence-corrected chi connectivity index (χ1v) is 9.87. The molecule has 1 saturated heterocycles. The van der Waals surface area contributed by atoms with E-state index >= 15 is 0 Å². The predicted octanol–water partition coefficient (Wildman–Crippen LogP) is 3.74. The molecule has 2 aromatic rings. The van der Waals surface area contributed by atoms with Crippen molar-refractivity contribution in [1.82, 2.24) is 16.0 Å². The summed E-state index contributed by atoms with van der Waals surface area (Å²) in [6.45, 7) is -0.101. The van der Waals surface area contributed by atoms with Crippen LogP contribution in [0, 0.1) is 5.92 Å². The summed E-state index contributed by atoms with van der Waals surface area (Å²) in [6, 6.07) is 9.04. The first-order valence-electron chi connectivity index (χ1n) is 9.50. The summed E-state index contributed by atoms with van der Waals surface area (Å²) in [5.74, 6) is -1.08. The van der Waals surface area contributed by atoms with Gasteiger partial charge in [-0.05, 0) is 48.1 Å². The number of halogens is 4. The number of carbonyl (C=O) groups excluding carboxylic acids is 3. The molecule has 1 aliphatic carbocycles. The standard InChI is InChI=1S/C21H17ClF3N3O3/c22-16-9-11(5-8-15(16)21(23,24)25)13-3-1-2-4-14(13)17(29)26-10-20(12-6-7-12)18(30)27-19(31)28-20/h1-5,8-9,12H,6-7,10H2,(H,26,29)(H2,27,28,30,31)/t20-/m0/s1. The Morgan fingerprint density at radius 3 is 2.45 bits per heavy atom. The Bertz CT molecular complexity index is 1090. The normalized spacial score (nSPS) is 20.9. The highest BCUT2D eigenvalue weighted by molar-refractivity contribution is 6.31. The number of alkyl halides is 3. The Kier molecular flexibility index (Phi) is 5.17. The second-order valence-corrected chi connectivity index (χ2v) is 7.98. The van der Waals surface area contributed by atoms with Crippen LogP contribution in [-0.2, 0) is 11.0 Å². The summed E-state index contributed by atoms with van der Waals surface area (Å²) in [6.07, 6.45) is -3.08. The maximum Gasteiger partial charge on any atom is 0.417 e. The molecule has 0 bridgehead atoms. The van der Waals surface area contributed by atoms with Crippen LogP contribution in [-0.4, -0.2) is 29.9 Å². The van der Waals surface area contributed by atoms with Gasteiger partial charge in [0.05, 0.1) is 17.1 Å². The molecule has 10 heteroatoms. The van der Waals surface area contributed by atoms with Crippen molar-refractivity contribution in [2.75, 3.05) is 6.54 Å². The third-order valence-corrected chi connectivity index (χ3v) is 5.84. The van der Waals surface area contributed by atoms with E-state index in [1.54, 1.807) is 18.2 Å². The largest absolute Gasteiger partial charge is 0.417 e. The van der Waals surface area contributed by atoms with Crippen LogP contribution in [0.25, 0.3) is 11.1 Å². The average Bonchev–Trinajstić information content (AvgIpc) is 3.51. The fraction of sp³-hybridized carbons (Fsp3) is 0.286. The SMILES string of the molecule is O=C1NC(=O)[C@](CNC(=O)c2ccccc2-c2ccc(C(F)(F)F)c(Cl)c2)(C2CC2)N1. The number of carbonyl (C=O) groups is 3. The van der Waals surface area contributed by atoms with Crippen molar-refractivity contribution in [1.29, 1.82) is 0 Å². The van der Waals surface area contributed by atoms with Crippen LogP contribution in [0.4, 0.5) is 18.0 Å². The number of hydrogen-bond donors (Lipinski definition) is 3. The van der Waals surface area contributed by atoms with Gasteiger partial charge in [-0.15, -0.1) is 0 Å². The van der Waals surface area contributed by atoms with Gasteiger partial charge >= 0.3 is 12.2 Å². The lowest BCUT2D eigenvalue weighted by Gasteiger charge is -2.26. The van der Waals surface area contributed by atoms with Crippen LogP contribution in [0.5, 0.6) is 0 Å². The molecule has 0 radical (unpaired) electrons. The first kappa shape index (κ1) is 21.2. The Balaban J connectivity index is 1.59. The van der Waals surface area contributed by atoms with E-state index in [9.17, 15) is 27.6 Å². The van der Waals surface area contributed by atoms with Crippen molar-refractivity contribution in [2.45, 2.75) is 24.6 Å². The Morgan fingerprint density at radius 1 is 1.16 bits per heavy atom. The topological polar surface area (TPSA) is 87.3 Å². The fourth-order valence-electron chi connectivity index (χ4n) is 3.80. The van der Waals surface area contributed by atoms with Gasteiger partial charge in [0.25, 0.3) is 11.8 Å². The van der Waals surface area contributed by atoms with E-state index in [1.165, 1.54) is 12.1 Å². The van der Waals surface area contributed by atoms with Gasteiger partial charge in [-0.3, -0.25) is 14.9 Å². The lowest BCUT2D eigenvalue weighted by molar-refractivity contribution is -0.137. The maximum absolute atomic E-state index is 13.0. The van der Waals surface area contributed by atoms with Crippen LogP contribution in [0.3, 0.4) is 0 Å². The molecule has 2 fully saturated rings. The molecule has 6 nitrogen and oxygen atoms in total. The van der Waals surface area contributed by atoms with Gasteiger partial charge in [0.1, 0.15) is 5.54 Å². The molecule has 0 spiro atoms. The van der Waals surface area contributed by atoms with Crippen molar-refractivity contribution in [2.24, 2.45) is 5.92 Å². The van der Waals surface area contributed by atoms with Gasteiger partial charge in [0, 0.05) is 5.56 Å². The van der Waals surface area contributed by atoms with Crippen molar-refractivity contribution in [3.05, 3.63) is 58.6 Å². The highest BCUT2D eigenvalue weighted by Crippen LogP contribution is 2.41. The highest BCUT2D eigenvalue weighted by atomic mass is 35.5. The zero-order chi connectivity index (χ0) is 22.4. The molecule has 2 aromatic carbocycles. The summed E-state index contributed by atoms with van der Waals surface area (Å²) >= 11 is 5.83. The molecule has 1 aliphatic heterocycles. The number of benzene rings is 2. The number of imide groups is 1. The number of urea groups is 1. The summed E-state index contributed by atoms with van der Waals surface area (Å²) in [5.41, 5.74) is -1.23. The molecule has 31 heavy (non-hydrogen) atoms. The third-order valence-electron chi connectivity index (χ3n) is 5.53. The minimum Gasteiger partial charge on any atom is -0.349 e. The molecule has 1 atom stereocenters. The van der Waals surface area contributed by atoms with Gasteiger partial charge in [0.15, 0.2) is 0 Å². The smallest absolute Gasteiger partial charge is 0.349 e. The first-order chi connectivity index (χ1) is 14.6. The summed E-state index contributed by atoms with van der Waals surface area (Å²) < 4.78 is 39.0. The second kappa shape index (κ2) is 7.56. The van der Waals surface area contributed by atoms with Crippen LogP contribution in [0.15, 0.2) is 42.5 Å². The Labute approximate surface area is 180 Å². The molecule has 4 amide bonds. The number of nitrogens with one attached hydrogen (secondary N) is 3. The van der Waals surface area contributed by atoms with E-state index in [1.807, 2.05) is 0 Å². The molecular formula is C21H17ClF3N3O3. The minimum absolute atomic E-state index is 0.0665. The van der Waals surface area contributed by atoms with E-state index < -0.39 is 40.1 Å². The number of rotatable bonds is 5. The molecular weight excluding hydrogens is 435 g/mol. The maximum atomic E-state index is 13.0. The molecule has 1 saturated carbocycles. The van der Waals surface area contributed by atoms with E-state index in [0.717, 1.165) is 25.0 Å². The molecule has 1 heterocycles. The van der Waals surface area contributed by atoms with Gasteiger partial charge < -0.3 is 10.6 Å². The molecule has 0 aromatic heterocycles. The zero-order valence-corrected chi connectivity index (χ0v) is 16.7. The zero-order valence-electron chi connectivity index (χ0n) is 16.0. The Hall–Kier alpha value is -3.07. The minimum atomic E-state index is -4.59. The monoisotopic (exact) mass is 451 g/mol. The van der Waals surface area contributed by atoms with Gasteiger partial charge in [-0.2, -0.15) is 13.2 Å². The lowest BCUT2D eigenvalue weighted by Crippen LogP contribution is -2.57. The molecule has 4 rings (SSSR count). The van der Waals surface area contributed by atoms with Gasteiger partial charge in [-0.25, -0.2) is 4.79 Å². The van der Waals surface area contributed by atoms with Crippen LogP contribution < -0.4 is 16.0 Å². The van der Waals surface area contributed by atoms with E-state index in [4.69, 9.17) is 11.6 Å². The van der Waals surface area contributed by atoms with Crippen molar-refractivity contribution in [3.63, 3.8) is 0 Å².